The molecule has 1 aromatic rings. The number of nitrogens with zero attached hydrogens (tertiary/aromatic N) is 1. The van der Waals surface area contributed by atoms with Gasteiger partial charge in [-0.2, -0.15) is 0 Å². The van der Waals surface area contributed by atoms with E-state index < -0.39 is 0 Å². The Labute approximate surface area is 156 Å². The van der Waals surface area contributed by atoms with Crippen molar-refractivity contribution in [3.8, 4) is 11.5 Å². The maximum atomic E-state index is 5.66. The fraction of sp³-hybridized carbons (Fsp3) is 0.632. The van der Waals surface area contributed by atoms with Crippen LogP contribution in [0.5, 0.6) is 11.5 Å². The van der Waals surface area contributed by atoms with Crippen LogP contribution in [0.4, 0.5) is 5.69 Å². The van der Waals surface area contributed by atoms with Crippen LogP contribution in [-0.4, -0.2) is 59.2 Å². The third kappa shape index (κ3) is 6.72. The highest BCUT2D eigenvalue weighted by Crippen LogP contribution is 2.30. The van der Waals surface area contributed by atoms with Crippen LogP contribution in [0.1, 0.15) is 26.2 Å². The van der Waals surface area contributed by atoms with Gasteiger partial charge in [-0.15, -0.1) is 0 Å². The first-order chi connectivity index (χ1) is 12.8. The van der Waals surface area contributed by atoms with E-state index in [1.54, 1.807) is 14.2 Å². The standard InChI is InChI=1S/C19H31N3O4/c1-4-25-17-9-8-15(13-18(17)23-3)22-19(20-2)21-10-6-11-24-14-16-7-5-12-26-16/h8-9,13,16H,4-7,10-12,14H2,1-3H3,(H2,20,21,22). The second-order valence-electron chi connectivity index (χ2n) is 5.99. The lowest BCUT2D eigenvalue weighted by Crippen LogP contribution is -2.32. The molecule has 1 atom stereocenters. The first-order valence-electron chi connectivity index (χ1n) is 9.24. The lowest BCUT2D eigenvalue weighted by Gasteiger charge is -2.15. The number of guanidine groups is 1. The number of aliphatic imine (C=N–C) groups is 1. The molecule has 0 bridgehead atoms. The molecule has 0 spiro atoms. The minimum Gasteiger partial charge on any atom is -0.493 e. The summed E-state index contributed by atoms with van der Waals surface area (Å²) in [6, 6.07) is 5.71. The van der Waals surface area contributed by atoms with E-state index in [0.717, 1.165) is 43.9 Å². The van der Waals surface area contributed by atoms with Crippen LogP contribution in [0.3, 0.4) is 0 Å². The summed E-state index contributed by atoms with van der Waals surface area (Å²) < 4.78 is 22.1. The highest BCUT2D eigenvalue weighted by Gasteiger charge is 2.14. The molecular weight excluding hydrogens is 334 g/mol. The van der Waals surface area contributed by atoms with Crippen molar-refractivity contribution in [2.45, 2.75) is 32.3 Å². The zero-order valence-electron chi connectivity index (χ0n) is 16.0. The van der Waals surface area contributed by atoms with E-state index in [1.807, 2.05) is 25.1 Å². The summed E-state index contributed by atoms with van der Waals surface area (Å²) in [7, 11) is 3.38. The minimum atomic E-state index is 0.284. The third-order valence-corrected chi connectivity index (χ3v) is 4.04. The van der Waals surface area contributed by atoms with Gasteiger partial charge in [0.1, 0.15) is 0 Å². The molecule has 2 N–H and O–H groups in total. The molecule has 0 radical (unpaired) electrons. The molecule has 1 aromatic carbocycles. The van der Waals surface area contributed by atoms with E-state index in [1.165, 1.54) is 0 Å². The summed E-state index contributed by atoms with van der Waals surface area (Å²) >= 11 is 0. The SMILES string of the molecule is CCOc1ccc(NC(=NC)NCCCOCC2CCCO2)cc1OC. The van der Waals surface area contributed by atoms with E-state index in [0.29, 0.717) is 31.5 Å². The number of nitrogens with one attached hydrogen (secondary N) is 2. The molecule has 0 aromatic heterocycles. The van der Waals surface area contributed by atoms with Gasteiger partial charge in [-0.25, -0.2) is 0 Å². The van der Waals surface area contributed by atoms with Gasteiger partial charge in [-0.1, -0.05) is 0 Å². The number of rotatable bonds is 10. The van der Waals surface area contributed by atoms with Crippen molar-refractivity contribution in [1.29, 1.82) is 0 Å². The highest BCUT2D eigenvalue weighted by atomic mass is 16.5. The Morgan fingerprint density at radius 3 is 2.92 bits per heavy atom. The van der Waals surface area contributed by atoms with Gasteiger partial charge >= 0.3 is 0 Å². The number of ether oxygens (including phenoxy) is 4. The normalized spacial score (nSPS) is 17.2. The Hall–Kier alpha value is -1.99. The molecule has 1 unspecified atom stereocenters. The molecule has 1 heterocycles. The maximum absolute atomic E-state index is 5.66. The quantitative estimate of drug-likeness (QED) is 0.377. The van der Waals surface area contributed by atoms with Gasteiger partial charge in [-0.3, -0.25) is 4.99 Å². The van der Waals surface area contributed by atoms with Gasteiger partial charge in [-0.05, 0) is 38.3 Å². The molecule has 1 aliphatic heterocycles. The van der Waals surface area contributed by atoms with Crippen molar-refractivity contribution in [1.82, 2.24) is 5.32 Å². The molecule has 146 valence electrons. The van der Waals surface area contributed by atoms with Crippen molar-refractivity contribution in [2.75, 3.05) is 52.4 Å². The highest BCUT2D eigenvalue weighted by molar-refractivity contribution is 5.93. The summed E-state index contributed by atoms with van der Waals surface area (Å²) in [6.07, 6.45) is 3.45. The number of methoxy groups -OCH3 is 1. The monoisotopic (exact) mass is 365 g/mol. The Morgan fingerprint density at radius 1 is 1.35 bits per heavy atom. The molecule has 0 saturated carbocycles. The predicted octanol–water partition coefficient (Wildman–Crippen LogP) is 2.67. The van der Waals surface area contributed by atoms with Gasteiger partial charge in [0.05, 0.1) is 26.4 Å². The topological polar surface area (TPSA) is 73.3 Å². The molecule has 1 saturated heterocycles. The summed E-state index contributed by atoms with van der Waals surface area (Å²) in [5.74, 6) is 2.12. The van der Waals surface area contributed by atoms with Gasteiger partial charge in [0.25, 0.3) is 0 Å². The molecule has 2 rings (SSSR count). The van der Waals surface area contributed by atoms with Gasteiger partial charge in [0.15, 0.2) is 17.5 Å². The second-order valence-corrected chi connectivity index (χ2v) is 5.99. The molecule has 26 heavy (non-hydrogen) atoms. The fourth-order valence-electron chi connectivity index (χ4n) is 2.71. The summed E-state index contributed by atoms with van der Waals surface area (Å²) in [5.41, 5.74) is 0.882. The molecule has 0 aliphatic carbocycles. The summed E-state index contributed by atoms with van der Waals surface area (Å²) in [6.45, 7) is 5.59. The predicted molar refractivity (Wildman–Crippen MR) is 104 cm³/mol. The van der Waals surface area contributed by atoms with Gasteiger partial charge < -0.3 is 29.6 Å². The first-order valence-corrected chi connectivity index (χ1v) is 9.24. The van der Waals surface area contributed by atoms with E-state index in [9.17, 15) is 0 Å². The lowest BCUT2D eigenvalue weighted by molar-refractivity contribution is 0.0168. The average Bonchev–Trinajstić information content (AvgIpc) is 3.18. The summed E-state index contributed by atoms with van der Waals surface area (Å²) in [5, 5.41) is 6.53. The molecule has 0 amide bonds. The number of hydrogen-bond acceptors (Lipinski definition) is 5. The van der Waals surface area contributed by atoms with Crippen LogP contribution in [0, 0.1) is 0 Å². The van der Waals surface area contributed by atoms with Crippen LogP contribution in [-0.2, 0) is 9.47 Å². The largest absolute Gasteiger partial charge is 0.493 e. The minimum absolute atomic E-state index is 0.284. The van der Waals surface area contributed by atoms with Crippen LogP contribution in [0.25, 0.3) is 0 Å². The van der Waals surface area contributed by atoms with E-state index in [2.05, 4.69) is 15.6 Å². The smallest absolute Gasteiger partial charge is 0.195 e. The van der Waals surface area contributed by atoms with Crippen molar-refractivity contribution >= 4 is 11.6 Å². The van der Waals surface area contributed by atoms with E-state index in [-0.39, 0.29) is 6.10 Å². The molecular formula is C19H31N3O4. The Bertz CT molecular complexity index is 560. The van der Waals surface area contributed by atoms with Crippen LogP contribution < -0.4 is 20.1 Å². The first kappa shape index (κ1) is 20.3. The van der Waals surface area contributed by atoms with Crippen molar-refractivity contribution in [3.05, 3.63) is 18.2 Å². The zero-order chi connectivity index (χ0) is 18.6. The molecule has 1 fully saturated rings. The second kappa shape index (κ2) is 11.6. The zero-order valence-corrected chi connectivity index (χ0v) is 16.0. The number of benzene rings is 1. The van der Waals surface area contributed by atoms with Crippen LogP contribution >= 0.6 is 0 Å². The number of anilines is 1. The van der Waals surface area contributed by atoms with Crippen molar-refractivity contribution in [3.63, 3.8) is 0 Å². The molecule has 7 heteroatoms. The van der Waals surface area contributed by atoms with Crippen molar-refractivity contribution in [2.24, 2.45) is 4.99 Å². The summed E-state index contributed by atoms with van der Waals surface area (Å²) in [4.78, 5) is 4.24. The van der Waals surface area contributed by atoms with Crippen molar-refractivity contribution < 1.29 is 18.9 Å². The Morgan fingerprint density at radius 2 is 2.23 bits per heavy atom. The van der Waals surface area contributed by atoms with Crippen LogP contribution in [0.15, 0.2) is 23.2 Å². The molecule has 7 nitrogen and oxygen atoms in total. The van der Waals surface area contributed by atoms with Gasteiger partial charge in [0.2, 0.25) is 0 Å². The maximum Gasteiger partial charge on any atom is 0.195 e. The average molecular weight is 365 g/mol. The van der Waals surface area contributed by atoms with E-state index in [4.69, 9.17) is 18.9 Å². The Kier molecular flexibility index (Phi) is 9.06. The molecule has 1 aliphatic rings. The van der Waals surface area contributed by atoms with Crippen LogP contribution in [0.2, 0.25) is 0 Å². The lowest BCUT2D eigenvalue weighted by atomic mass is 10.2. The Balaban J connectivity index is 1.69. The third-order valence-electron chi connectivity index (χ3n) is 4.04. The van der Waals surface area contributed by atoms with E-state index >= 15 is 0 Å². The van der Waals surface area contributed by atoms with Gasteiger partial charge in [0, 0.05) is 38.6 Å². The fourth-order valence-corrected chi connectivity index (χ4v) is 2.71. The number of hydrogen-bond donors (Lipinski definition) is 2.